The Kier molecular flexibility index (Phi) is 4.77. The van der Waals surface area contributed by atoms with Crippen LogP contribution in [0.1, 0.15) is 18.4 Å². The van der Waals surface area contributed by atoms with Gasteiger partial charge in [0, 0.05) is 17.1 Å². The predicted octanol–water partition coefficient (Wildman–Crippen LogP) is 2.89. The van der Waals surface area contributed by atoms with Gasteiger partial charge in [0.2, 0.25) is 0 Å². The molecule has 0 aromatic heterocycles. The fraction of sp³-hybridized carbons (Fsp3) is 0.462. The molecule has 4 nitrogen and oxygen atoms in total. The van der Waals surface area contributed by atoms with Gasteiger partial charge < -0.3 is 9.84 Å². The van der Waals surface area contributed by atoms with E-state index in [1.165, 1.54) is 18.2 Å². The molecule has 110 valence electrons. The zero-order valence-corrected chi connectivity index (χ0v) is 11.2. The van der Waals surface area contributed by atoms with Gasteiger partial charge in [-0.25, -0.2) is 0 Å². The third-order valence-electron chi connectivity index (χ3n) is 3.11. The third-order valence-corrected chi connectivity index (χ3v) is 3.35. The van der Waals surface area contributed by atoms with E-state index in [1.54, 1.807) is 0 Å². The van der Waals surface area contributed by atoms with E-state index >= 15 is 0 Å². The Morgan fingerprint density at radius 3 is 2.75 bits per heavy atom. The van der Waals surface area contributed by atoms with Gasteiger partial charge in [-0.05, 0) is 37.0 Å². The maximum atomic E-state index is 12.3. The van der Waals surface area contributed by atoms with E-state index < -0.39 is 18.6 Å². The first-order valence-corrected chi connectivity index (χ1v) is 6.54. The molecule has 1 atom stereocenters. The molecule has 20 heavy (non-hydrogen) atoms. The average Bonchev–Trinajstić information content (AvgIpc) is 3.16. The molecule has 1 unspecified atom stereocenters. The van der Waals surface area contributed by atoms with E-state index in [0.29, 0.717) is 10.6 Å². The Morgan fingerprint density at radius 1 is 1.50 bits per heavy atom. The highest BCUT2D eigenvalue weighted by molar-refractivity contribution is 6.30. The Bertz CT molecular complexity index is 495. The SMILES string of the molecule is O=C(O)C(NCc1cc(Cl)ccc1OC(F)F)C1CC1. The molecular weight excluding hydrogens is 292 g/mol. The lowest BCUT2D eigenvalue weighted by Crippen LogP contribution is -2.38. The van der Waals surface area contributed by atoms with Crippen LogP contribution < -0.4 is 10.1 Å². The molecule has 0 aliphatic heterocycles. The number of carbonyl (C=O) groups is 1. The second-order valence-corrected chi connectivity index (χ2v) is 5.10. The summed E-state index contributed by atoms with van der Waals surface area (Å²) in [6, 6.07) is 3.60. The second kappa shape index (κ2) is 6.37. The van der Waals surface area contributed by atoms with E-state index in [4.69, 9.17) is 16.7 Å². The van der Waals surface area contributed by atoms with Gasteiger partial charge in [-0.15, -0.1) is 0 Å². The van der Waals surface area contributed by atoms with Crippen LogP contribution in [0.5, 0.6) is 5.75 Å². The molecule has 0 radical (unpaired) electrons. The van der Waals surface area contributed by atoms with Crippen LogP contribution >= 0.6 is 11.6 Å². The first-order chi connectivity index (χ1) is 9.47. The summed E-state index contributed by atoms with van der Waals surface area (Å²) in [5.41, 5.74) is 0.407. The van der Waals surface area contributed by atoms with Crippen LogP contribution in [0, 0.1) is 5.92 Å². The summed E-state index contributed by atoms with van der Waals surface area (Å²) < 4.78 is 29.0. The maximum absolute atomic E-state index is 12.3. The van der Waals surface area contributed by atoms with Crippen molar-refractivity contribution in [3.8, 4) is 5.75 Å². The summed E-state index contributed by atoms with van der Waals surface area (Å²) >= 11 is 5.82. The number of carboxylic acids is 1. The molecule has 0 amide bonds. The first kappa shape index (κ1) is 15.0. The number of rotatable bonds is 7. The van der Waals surface area contributed by atoms with Crippen LogP contribution in [0.25, 0.3) is 0 Å². The van der Waals surface area contributed by atoms with Crippen LogP contribution in [0.15, 0.2) is 18.2 Å². The monoisotopic (exact) mass is 305 g/mol. The number of halogens is 3. The highest BCUT2D eigenvalue weighted by Crippen LogP contribution is 2.33. The molecule has 1 aromatic carbocycles. The van der Waals surface area contributed by atoms with Crippen molar-refractivity contribution in [2.24, 2.45) is 5.92 Å². The van der Waals surface area contributed by atoms with Crippen LogP contribution in [0.4, 0.5) is 8.78 Å². The van der Waals surface area contributed by atoms with Crippen molar-refractivity contribution < 1.29 is 23.4 Å². The van der Waals surface area contributed by atoms with Crippen molar-refractivity contribution in [1.29, 1.82) is 0 Å². The summed E-state index contributed by atoms with van der Waals surface area (Å²) in [6.45, 7) is -2.83. The quantitative estimate of drug-likeness (QED) is 0.813. The van der Waals surface area contributed by atoms with Crippen molar-refractivity contribution >= 4 is 17.6 Å². The topological polar surface area (TPSA) is 58.6 Å². The van der Waals surface area contributed by atoms with Crippen molar-refractivity contribution in [2.75, 3.05) is 0 Å². The Hall–Kier alpha value is -1.40. The van der Waals surface area contributed by atoms with E-state index in [0.717, 1.165) is 12.8 Å². The van der Waals surface area contributed by atoms with E-state index in [9.17, 15) is 13.6 Å². The summed E-state index contributed by atoms with van der Waals surface area (Å²) in [4.78, 5) is 11.1. The minimum atomic E-state index is -2.94. The smallest absolute Gasteiger partial charge is 0.387 e. The zero-order chi connectivity index (χ0) is 14.7. The molecule has 1 aromatic rings. The van der Waals surface area contributed by atoms with Crippen LogP contribution in [0.2, 0.25) is 5.02 Å². The summed E-state index contributed by atoms with van der Waals surface area (Å²) in [5.74, 6) is -0.839. The number of alkyl halides is 2. The first-order valence-electron chi connectivity index (χ1n) is 6.17. The summed E-state index contributed by atoms with van der Waals surface area (Å²) in [6.07, 6.45) is 1.72. The van der Waals surface area contributed by atoms with Gasteiger partial charge in [-0.3, -0.25) is 10.1 Å². The van der Waals surface area contributed by atoms with Crippen LogP contribution in [-0.4, -0.2) is 23.7 Å². The number of hydrogen-bond donors (Lipinski definition) is 2. The predicted molar refractivity (Wildman–Crippen MR) is 69.1 cm³/mol. The Labute approximate surface area is 119 Å². The zero-order valence-electron chi connectivity index (χ0n) is 10.5. The van der Waals surface area contributed by atoms with Gasteiger partial charge in [-0.2, -0.15) is 8.78 Å². The van der Waals surface area contributed by atoms with E-state index in [1.807, 2.05) is 0 Å². The second-order valence-electron chi connectivity index (χ2n) is 4.66. The van der Waals surface area contributed by atoms with Gasteiger partial charge in [0.25, 0.3) is 0 Å². The highest BCUT2D eigenvalue weighted by Gasteiger charge is 2.35. The lowest BCUT2D eigenvalue weighted by molar-refractivity contribution is -0.140. The fourth-order valence-corrected chi connectivity index (χ4v) is 2.20. The molecule has 1 aliphatic carbocycles. The van der Waals surface area contributed by atoms with Crippen LogP contribution in [-0.2, 0) is 11.3 Å². The van der Waals surface area contributed by atoms with Gasteiger partial charge in [0.1, 0.15) is 11.8 Å². The molecule has 0 spiro atoms. The average molecular weight is 306 g/mol. The van der Waals surface area contributed by atoms with Gasteiger partial charge in [0.15, 0.2) is 0 Å². The number of hydrogen-bond acceptors (Lipinski definition) is 3. The molecule has 2 rings (SSSR count). The highest BCUT2D eigenvalue weighted by atomic mass is 35.5. The molecular formula is C13H14ClF2NO3. The van der Waals surface area contributed by atoms with E-state index in [2.05, 4.69) is 10.1 Å². The number of aliphatic carboxylic acids is 1. The molecule has 0 heterocycles. The van der Waals surface area contributed by atoms with Crippen molar-refractivity contribution in [1.82, 2.24) is 5.32 Å². The van der Waals surface area contributed by atoms with E-state index in [-0.39, 0.29) is 18.2 Å². The standard InChI is InChI=1S/C13H14ClF2NO3/c14-9-3-4-10(20-13(15)16)8(5-9)6-17-11(12(18)19)7-1-2-7/h3-5,7,11,13,17H,1-2,6H2,(H,18,19). The minimum absolute atomic E-state index is 0.00293. The molecule has 7 heteroatoms. The number of carboxylic acid groups (broad SMARTS) is 1. The largest absolute Gasteiger partial charge is 0.480 e. The minimum Gasteiger partial charge on any atom is -0.480 e. The number of nitrogens with one attached hydrogen (secondary N) is 1. The Morgan fingerprint density at radius 2 is 2.20 bits per heavy atom. The van der Waals surface area contributed by atoms with Gasteiger partial charge >= 0.3 is 12.6 Å². The molecule has 0 bridgehead atoms. The summed E-state index contributed by atoms with van der Waals surface area (Å²) in [7, 11) is 0. The van der Waals surface area contributed by atoms with Crippen molar-refractivity contribution in [3.05, 3.63) is 28.8 Å². The lowest BCUT2D eigenvalue weighted by atomic mass is 10.1. The molecule has 1 saturated carbocycles. The number of ether oxygens (including phenoxy) is 1. The van der Waals surface area contributed by atoms with Crippen molar-refractivity contribution in [2.45, 2.75) is 32.0 Å². The summed E-state index contributed by atoms with van der Waals surface area (Å²) in [5, 5.41) is 12.3. The Balaban J connectivity index is 2.06. The molecule has 0 saturated heterocycles. The lowest BCUT2D eigenvalue weighted by Gasteiger charge is -2.16. The fourth-order valence-electron chi connectivity index (χ4n) is 2.00. The van der Waals surface area contributed by atoms with Gasteiger partial charge in [-0.1, -0.05) is 11.6 Å². The maximum Gasteiger partial charge on any atom is 0.387 e. The molecule has 1 aliphatic rings. The van der Waals surface area contributed by atoms with Gasteiger partial charge in [0.05, 0.1) is 0 Å². The van der Waals surface area contributed by atoms with Crippen molar-refractivity contribution in [3.63, 3.8) is 0 Å². The third kappa shape index (κ3) is 4.05. The number of benzene rings is 1. The van der Waals surface area contributed by atoms with Crippen LogP contribution in [0.3, 0.4) is 0 Å². The normalized spacial score (nSPS) is 16.2. The molecule has 1 fully saturated rings. The molecule has 2 N–H and O–H groups in total.